The van der Waals surface area contributed by atoms with E-state index in [9.17, 15) is 0 Å². The fourth-order valence-corrected chi connectivity index (χ4v) is 0. The molecule has 2 heteroatoms. The Labute approximate surface area is 82.2 Å². The summed E-state index contributed by atoms with van der Waals surface area (Å²) in [5.74, 6) is 0. The molecule has 0 aliphatic heterocycles. The molecule has 0 saturated carbocycles. The predicted molar refractivity (Wildman–Crippen MR) is 23.9 cm³/mol. The second kappa shape index (κ2) is 16.0. The maximum atomic E-state index is 3.60. The van der Waals surface area contributed by atoms with Gasteiger partial charge < -0.3 is 12.4 Å². The Morgan fingerprint density at radius 1 is 1.50 bits per heavy atom. The summed E-state index contributed by atoms with van der Waals surface area (Å²) in [6.07, 6.45) is 2.28. The van der Waals surface area contributed by atoms with Gasteiger partial charge in [-0.25, -0.2) is 0 Å². The van der Waals surface area contributed by atoms with Gasteiger partial charge in [-0.05, 0) is 0 Å². The van der Waals surface area contributed by atoms with Crippen molar-refractivity contribution in [1.82, 2.24) is 0 Å². The average molecular weight is 114 g/mol. The van der Waals surface area contributed by atoms with Gasteiger partial charge in [-0.15, -0.1) is 0 Å². The van der Waals surface area contributed by atoms with E-state index in [4.69, 9.17) is 0 Å². The first kappa shape index (κ1) is 15.6. The molecule has 0 heterocycles. The van der Waals surface area contributed by atoms with Gasteiger partial charge in [0.05, 0.1) is 0 Å². The molecular weight excluding hydrogens is 103 g/mol. The van der Waals surface area contributed by atoms with Crippen LogP contribution in [0.3, 0.4) is 0 Å². The average Bonchev–Trinajstić information content (AvgIpc) is 1.37. The summed E-state index contributed by atoms with van der Waals surface area (Å²) in [7, 11) is 0. The molecule has 0 rings (SSSR count). The van der Waals surface area contributed by atoms with Crippen LogP contribution in [-0.4, -0.2) is 5.48 Å². The van der Waals surface area contributed by atoms with Gasteiger partial charge in [-0.3, -0.25) is 0 Å². The first-order chi connectivity index (χ1) is 1.91. The summed E-state index contributed by atoms with van der Waals surface area (Å²) in [6.45, 7) is 5.72. The number of rotatable bonds is 1. The monoisotopic (exact) mass is 114 g/mol. The molecule has 34 valence electrons. The van der Waals surface area contributed by atoms with Crippen molar-refractivity contribution in [3.8, 4) is 0 Å². The molecule has 0 bridgehead atoms. The van der Waals surface area contributed by atoms with Gasteiger partial charge >= 0.3 is 51.4 Å². The van der Waals surface area contributed by atoms with Crippen LogP contribution in [0.1, 0.15) is 19.8 Å². The molecule has 0 radical (unpaired) electrons. The second-order valence-corrected chi connectivity index (χ2v) is 0.854. The molecule has 0 fully saturated rings. The summed E-state index contributed by atoms with van der Waals surface area (Å²) < 4.78 is 0. The second-order valence-electron chi connectivity index (χ2n) is 0.854. The van der Waals surface area contributed by atoms with Crippen LogP contribution >= 0.6 is 0 Å². The van der Waals surface area contributed by atoms with Crippen molar-refractivity contribution in [1.29, 1.82) is 0 Å². The van der Waals surface area contributed by atoms with Gasteiger partial charge in [0.2, 0.25) is 0 Å². The Kier molecular flexibility index (Phi) is 41.7. The predicted octanol–water partition coefficient (Wildman–Crippen LogP) is -2.20. The van der Waals surface area contributed by atoms with Gasteiger partial charge in [0.15, 0.2) is 0 Å². The molecule has 6 heavy (non-hydrogen) atoms. The number of hydrogen-bond acceptors (Lipinski definition) is 0. The summed E-state index contributed by atoms with van der Waals surface area (Å²) in [4.78, 5) is 0. The van der Waals surface area contributed by atoms with E-state index in [-0.39, 0.29) is 56.9 Å². The molecule has 0 spiro atoms. The SMILES string of the molecule is O.[CH2-]CCC.[K+]. The minimum atomic E-state index is 0. The smallest absolute Gasteiger partial charge is 0.412 e. The van der Waals surface area contributed by atoms with Crippen molar-refractivity contribution < 1.29 is 56.9 Å². The van der Waals surface area contributed by atoms with Gasteiger partial charge in [-0.1, -0.05) is 13.3 Å². The van der Waals surface area contributed by atoms with Gasteiger partial charge in [0, 0.05) is 0 Å². The van der Waals surface area contributed by atoms with E-state index < -0.39 is 0 Å². The molecule has 0 aromatic carbocycles. The van der Waals surface area contributed by atoms with Crippen LogP contribution in [0, 0.1) is 6.92 Å². The van der Waals surface area contributed by atoms with Gasteiger partial charge in [0.25, 0.3) is 0 Å². The van der Waals surface area contributed by atoms with Crippen LogP contribution < -0.4 is 51.4 Å². The Hall–Kier alpha value is 1.60. The third-order valence-electron chi connectivity index (χ3n) is 0.354. The van der Waals surface area contributed by atoms with Crippen LogP contribution in [-0.2, 0) is 0 Å². The van der Waals surface area contributed by atoms with Crippen LogP contribution in [0.5, 0.6) is 0 Å². The van der Waals surface area contributed by atoms with Gasteiger partial charge in [0.1, 0.15) is 0 Å². The first-order valence-corrected chi connectivity index (χ1v) is 1.71. The van der Waals surface area contributed by atoms with E-state index in [0.717, 1.165) is 6.42 Å². The van der Waals surface area contributed by atoms with E-state index in [1.165, 1.54) is 6.42 Å². The molecule has 0 aliphatic carbocycles. The Morgan fingerprint density at radius 3 is 1.67 bits per heavy atom. The molecular formula is C4H11KO. The van der Waals surface area contributed by atoms with E-state index in [0.29, 0.717) is 0 Å². The molecule has 0 unspecified atom stereocenters. The van der Waals surface area contributed by atoms with Crippen molar-refractivity contribution in [3.05, 3.63) is 6.92 Å². The van der Waals surface area contributed by atoms with E-state index in [2.05, 4.69) is 13.8 Å². The zero-order valence-corrected chi connectivity index (χ0v) is 7.74. The minimum absolute atomic E-state index is 0. The zero-order valence-electron chi connectivity index (χ0n) is 4.62. The Morgan fingerprint density at radius 2 is 1.67 bits per heavy atom. The topological polar surface area (TPSA) is 31.5 Å². The molecule has 0 aromatic heterocycles. The fraction of sp³-hybridized carbons (Fsp3) is 0.750. The Bertz CT molecular complexity index is 9.51. The number of hydrogen-bond donors (Lipinski definition) is 0. The third-order valence-corrected chi connectivity index (χ3v) is 0.354. The van der Waals surface area contributed by atoms with Crippen molar-refractivity contribution in [2.75, 3.05) is 0 Å². The molecule has 0 saturated heterocycles. The number of unbranched alkanes of at least 4 members (excludes halogenated alkanes) is 1. The van der Waals surface area contributed by atoms with Crippen LogP contribution in [0.15, 0.2) is 0 Å². The zero-order chi connectivity index (χ0) is 3.41. The standard InChI is InChI=1S/C4H9.K.H2O/c1-3-4-2;;/h1,3-4H2,2H3;;1H2/q-1;+1;. The maximum Gasteiger partial charge on any atom is 1.00 e. The van der Waals surface area contributed by atoms with Gasteiger partial charge in [-0.2, -0.15) is 6.42 Å². The fourth-order valence-electron chi connectivity index (χ4n) is 0. The van der Waals surface area contributed by atoms with Crippen LogP contribution in [0.25, 0.3) is 0 Å². The Balaban J connectivity index is -0.0000000450. The maximum absolute atomic E-state index is 3.60. The summed E-state index contributed by atoms with van der Waals surface area (Å²) in [5, 5.41) is 0. The van der Waals surface area contributed by atoms with E-state index in [1.54, 1.807) is 0 Å². The van der Waals surface area contributed by atoms with Crippen LogP contribution in [0.4, 0.5) is 0 Å². The molecule has 0 aromatic rings. The molecule has 1 nitrogen and oxygen atoms in total. The third kappa shape index (κ3) is 17.5. The van der Waals surface area contributed by atoms with Crippen LogP contribution in [0.2, 0.25) is 0 Å². The van der Waals surface area contributed by atoms with E-state index >= 15 is 0 Å². The molecule has 0 atom stereocenters. The minimum Gasteiger partial charge on any atom is -0.412 e. The summed E-state index contributed by atoms with van der Waals surface area (Å²) in [6, 6.07) is 0. The first-order valence-electron chi connectivity index (χ1n) is 1.71. The van der Waals surface area contributed by atoms with Crippen molar-refractivity contribution >= 4 is 0 Å². The van der Waals surface area contributed by atoms with Crippen molar-refractivity contribution in [3.63, 3.8) is 0 Å². The molecule has 0 aliphatic rings. The molecule has 0 amide bonds. The summed E-state index contributed by atoms with van der Waals surface area (Å²) in [5.41, 5.74) is 0. The van der Waals surface area contributed by atoms with Crippen molar-refractivity contribution in [2.24, 2.45) is 0 Å². The largest absolute Gasteiger partial charge is 1.00 e. The summed E-state index contributed by atoms with van der Waals surface area (Å²) >= 11 is 0. The normalized spacial score (nSPS) is 5.00. The molecule has 2 N–H and O–H groups in total. The van der Waals surface area contributed by atoms with E-state index in [1.807, 2.05) is 0 Å². The quantitative estimate of drug-likeness (QED) is 0.274. The van der Waals surface area contributed by atoms with Crippen molar-refractivity contribution in [2.45, 2.75) is 19.8 Å².